The van der Waals surface area contributed by atoms with E-state index in [0.717, 1.165) is 24.1 Å². The van der Waals surface area contributed by atoms with Gasteiger partial charge in [0.15, 0.2) is 0 Å². The van der Waals surface area contributed by atoms with Crippen LogP contribution >= 0.6 is 23.2 Å². The number of nitrogens with zero attached hydrogens (tertiary/aromatic N) is 4. The number of nitriles is 1. The maximum atomic E-state index is 13.5. The third-order valence-corrected chi connectivity index (χ3v) is 7.21. The standard InChI is InChI=1S/C29H29Cl2N5O3/c1-2-35(29(38)39)27-10-11-34(19-27)12-13-36(28(37)33-25-16-23(30)15-24(31)17-25)26-8-6-21(7-9-26)22-5-3-4-20(14-22)18-32/h3-9,14-17,27H,2,10-13,19H2,1H3,(H,33,37)(H,38,39)/t27-/m1/s1. The largest absolute Gasteiger partial charge is 0.465 e. The predicted octanol–water partition coefficient (Wildman–Crippen LogP) is 6.64. The van der Waals surface area contributed by atoms with Gasteiger partial charge < -0.3 is 15.3 Å². The van der Waals surface area contributed by atoms with Crippen molar-refractivity contribution >= 4 is 46.7 Å². The highest BCUT2D eigenvalue weighted by Crippen LogP contribution is 2.27. The lowest BCUT2D eigenvalue weighted by atomic mass is 10.0. The van der Waals surface area contributed by atoms with Gasteiger partial charge in [0.1, 0.15) is 0 Å². The summed E-state index contributed by atoms with van der Waals surface area (Å²) < 4.78 is 0. The summed E-state index contributed by atoms with van der Waals surface area (Å²) in [5, 5.41) is 22.4. The zero-order valence-electron chi connectivity index (χ0n) is 21.5. The van der Waals surface area contributed by atoms with Crippen molar-refractivity contribution in [2.45, 2.75) is 19.4 Å². The Morgan fingerprint density at radius 2 is 1.79 bits per heavy atom. The third kappa shape index (κ3) is 7.21. The lowest BCUT2D eigenvalue weighted by Gasteiger charge is -2.27. The van der Waals surface area contributed by atoms with Crippen LogP contribution in [0.3, 0.4) is 0 Å². The van der Waals surface area contributed by atoms with Crippen LogP contribution in [0.5, 0.6) is 0 Å². The van der Waals surface area contributed by atoms with Gasteiger partial charge in [0, 0.05) is 60.2 Å². The molecule has 0 saturated carbocycles. The van der Waals surface area contributed by atoms with Gasteiger partial charge in [-0.05, 0) is 66.9 Å². The van der Waals surface area contributed by atoms with Crippen molar-refractivity contribution in [2.24, 2.45) is 0 Å². The molecular formula is C29H29Cl2N5O3. The normalized spacial score (nSPS) is 15.0. The van der Waals surface area contributed by atoms with Crippen LogP contribution in [0.4, 0.5) is 21.0 Å². The molecule has 1 aliphatic heterocycles. The molecule has 1 aliphatic rings. The molecule has 3 amide bonds. The average Bonchev–Trinajstić information content (AvgIpc) is 3.37. The van der Waals surface area contributed by atoms with E-state index in [-0.39, 0.29) is 12.1 Å². The van der Waals surface area contributed by atoms with Gasteiger partial charge in [-0.25, -0.2) is 9.59 Å². The molecule has 2 N–H and O–H groups in total. The number of hydrogen-bond donors (Lipinski definition) is 2. The van der Waals surface area contributed by atoms with Gasteiger partial charge in [0.2, 0.25) is 0 Å². The molecule has 8 nitrogen and oxygen atoms in total. The summed E-state index contributed by atoms with van der Waals surface area (Å²) in [6.07, 6.45) is -0.157. The number of likely N-dealkylation sites (tertiary alicyclic amines) is 1. The van der Waals surface area contributed by atoms with Gasteiger partial charge in [-0.1, -0.05) is 47.5 Å². The van der Waals surface area contributed by atoms with Crippen molar-refractivity contribution in [2.75, 3.05) is 42.9 Å². The second-order valence-corrected chi connectivity index (χ2v) is 10.2. The first-order valence-corrected chi connectivity index (χ1v) is 13.4. The topological polar surface area (TPSA) is 99.9 Å². The van der Waals surface area contributed by atoms with Gasteiger partial charge >= 0.3 is 12.1 Å². The molecular weight excluding hydrogens is 537 g/mol. The molecule has 1 fully saturated rings. The highest BCUT2D eigenvalue weighted by molar-refractivity contribution is 6.35. The number of carboxylic acid groups (broad SMARTS) is 1. The van der Waals surface area contributed by atoms with Gasteiger partial charge in [-0.3, -0.25) is 9.80 Å². The zero-order chi connectivity index (χ0) is 27.9. The molecule has 0 radical (unpaired) electrons. The van der Waals surface area contributed by atoms with Crippen LogP contribution in [-0.2, 0) is 0 Å². The molecule has 3 aromatic rings. The quantitative estimate of drug-likeness (QED) is 0.318. The van der Waals surface area contributed by atoms with Crippen LogP contribution in [0.1, 0.15) is 18.9 Å². The van der Waals surface area contributed by atoms with Gasteiger partial charge in [-0.2, -0.15) is 5.26 Å². The Balaban J connectivity index is 1.53. The molecule has 0 bridgehead atoms. The SMILES string of the molecule is CCN(C(=O)O)[C@@H]1CCN(CCN(C(=O)Nc2cc(Cl)cc(Cl)c2)c2ccc(-c3cccc(C#N)c3)cc2)C1. The third-order valence-electron chi connectivity index (χ3n) is 6.78. The van der Waals surface area contributed by atoms with Gasteiger partial charge in [0.25, 0.3) is 0 Å². The first-order chi connectivity index (χ1) is 18.8. The first-order valence-electron chi connectivity index (χ1n) is 12.6. The number of amides is 3. The minimum Gasteiger partial charge on any atom is -0.465 e. The second kappa shape index (κ2) is 12.9. The molecule has 3 aromatic carbocycles. The molecule has 0 spiro atoms. The second-order valence-electron chi connectivity index (χ2n) is 9.29. The Kier molecular flexibility index (Phi) is 9.31. The van der Waals surface area contributed by atoms with E-state index in [4.69, 9.17) is 23.2 Å². The molecule has 0 aromatic heterocycles. The fourth-order valence-corrected chi connectivity index (χ4v) is 5.35. The number of carbonyl (C=O) groups is 2. The van der Waals surface area contributed by atoms with Gasteiger partial charge in [-0.15, -0.1) is 0 Å². The highest BCUT2D eigenvalue weighted by atomic mass is 35.5. The number of anilines is 2. The van der Waals surface area contributed by atoms with E-state index in [1.807, 2.05) is 49.4 Å². The van der Waals surface area contributed by atoms with Crippen molar-refractivity contribution in [1.29, 1.82) is 5.26 Å². The highest BCUT2D eigenvalue weighted by Gasteiger charge is 2.30. The smallest absolute Gasteiger partial charge is 0.407 e. The summed E-state index contributed by atoms with van der Waals surface area (Å²) >= 11 is 12.3. The molecule has 1 saturated heterocycles. The minimum absolute atomic E-state index is 0.0631. The van der Waals surface area contributed by atoms with Crippen LogP contribution in [0, 0.1) is 11.3 Å². The first kappa shape index (κ1) is 28.2. The molecule has 39 heavy (non-hydrogen) atoms. The summed E-state index contributed by atoms with van der Waals surface area (Å²) in [5.41, 5.74) is 3.58. The number of carbonyl (C=O) groups excluding carboxylic acids is 1. The Hall–Kier alpha value is -3.77. The number of nitrogens with one attached hydrogen (secondary N) is 1. The Morgan fingerprint density at radius 3 is 2.44 bits per heavy atom. The zero-order valence-corrected chi connectivity index (χ0v) is 23.0. The van der Waals surface area contributed by atoms with Crippen LogP contribution in [-0.4, -0.2) is 65.8 Å². The molecule has 4 rings (SSSR count). The Morgan fingerprint density at radius 1 is 1.08 bits per heavy atom. The maximum Gasteiger partial charge on any atom is 0.407 e. The van der Waals surface area contributed by atoms with E-state index in [2.05, 4.69) is 16.3 Å². The van der Waals surface area contributed by atoms with Crippen molar-refractivity contribution in [1.82, 2.24) is 9.80 Å². The average molecular weight is 566 g/mol. The molecule has 1 atom stereocenters. The van der Waals surface area contributed by atoms with E-state index < -0.39 is 6.09 Å². The number of hydrogen-bond acceptors (Lipinski definition) is 4. The lowest BCUT2D eigenvalue weighted by molar-refractivity contribution is 0.128. The molecule has 10 heteroatoms. The minimum atomic E-state index is -0.911. The van der Waals surface area contributed by atoms with Crippen LogP contribution in [0.25, 0.3) is 11.1 Å². The van der Waals surface area contributed by atoms with Crippen LogP contribution in [0.2, 0.25) is 10.0 Å². The summed E-state index contributed by atoms with van der Waals surface area (Å²) in [5.74, 6) is 0. The van der Waals surface area contributed by atoms with Crippen LogP contribution < -0.4 is 10.2 Å². The summed E-state index contributed by atoms with van der Waals surface area (Å²) in [6.45, 7) is 4.60. The number of rotatable bonds is 8. The number of likely N-dealkylation sites (N-methyl/N-ethyl adjacent to an activating group) is 1. The van der Waals surface area contributed by atoms with Crippen molar-refractivity contribution in [3.63, 3.8) is 0 Å². The summed E-state index contributed by atoms with van der Waals surface area (Å²) in [4.78, 5) is 30.3. The lowest BCUT2D eigenvalue weighted by Crippen LogP contribution is -2.43. The monoisotopic (exact) mass is 565 g/mol. The van der Waals surface area contributed by atoms with E-state index in [0.29, 0.717) is 53.2 Å². The summed E-state index contributed by atoms with van der Waals surface area (Å²) in [6, 6.07) is 21.5. The molecule has 202 valence electrons. The van der Waals surface area contributed by atoms with Crippen molar-refractivity contribution in [3.8, 4) is 17.2 Å². The predicted molar refractivity (Wildman–Crippen MR) is 155 cm³/mol. The maximum absolute atomic E-state index is 13.5. The number of urea groups is 1. The van der Waals surface area contributed by atoms with Crippen molar-refractivity contribution < 1.29 is 14.7 Å². The van der Waals surface area contributed by atoms with Gasteiger partial charge in [0.05, 0.1) is 11.6 Å². The van der Waals surface area contributed by atoms with E-state index >= 15 is 0 Å². The Bertz CT molecular complexity index is 1360. The number of benzene rings is 3. The van der Waals surface area contributed by atoms with E-state index in [1.54, 1.807) is 29.2 Å². The number of halogens is 2. The molecule has 1 heterocycles. The fourth-order valence-electron chi connectivity index (χ4n) is 4.83. The molecule has 0 aliphatic carbocycles. The van der Waals surface area contributed by atoms with Crippen molar-refractivity contribution in [3.05, 3.63) is 82.3 Å². The van der Waals surface area contributed by atoms with Crippen LogP contribution in [0.15, 0.2) is 66.7 Å². The Labute approximate surface area is 237 Å². The van der Waals surface area contributed by atoms with E-state index in [1.165, 1.54) is 4.90 Å². The summed E-state index contributed by atoms with van der Waals surface area (Å²) in [7, 11) is 0. The molecule has 0 unspecified atom stereocenters. The van der Waals surface area contributed by atoms with E-state index in [9.17, 15) is 20.0 Å². The fraction of sp³-hybridized carbons (Fsp3) is 0.276.